The number of ether oxygens (including phenoxy) is 1. The van der Waals surface area contributed by atoms with Gasteiger partial charge in [-0.1, -0.05) is 24.3 Å². The van der Waals surface area contributed by atoms with Crippen LogP contribution in [0.4, 0.5) is 4.39 Å². The van der Waals surface area contributed by atoms with Crippen molar-refractivity contribution in [1.29, 1.82) is 0 Å². The van der Waals surface area contributed by atoms with Crippen LogP contribution in [0.25, 0.3) is 39.1 Å². The van der Waals surface area contributed by atoms with Gasteiger partial charge in [0.15, 0.2) is 0 Å². The molecular formula is C29H22ClFN4OS. The summed E-state index contributed by atoms with van der Waals surface area (Å²) in [7, 11) is 0. The third-order valence-corrected chi connectivity index (χ3v) is 6.86. The lowest BCUT2D eigenvalue weighted by atomic mass is 10.1. The molecule has 0 unspecified atom stereocenters. The van der Waals surface area contributed by atoms with Crippen molar-refractivity contribution in [3.05, 3.63) is 113 Å². The predicted molar refractivity (Wildman–Crippen MR) is 150 cm³/mol. The average Bonchev–Trinajstić information content (AvgIpc) is 3.46. The molecule has 37 heavy (non-hydrogen) atoms. The standard InChI is InChI=1S/C29H21FN4OS.ClH/c1-19-32-26-17-31-14-13-27(26)34(19)23-7-9-24(10-8-23)35-18-21-4-2-3-20(15-21)5-12-29-33-25-16-22(30)6-11-28(25)36-29;/h2-17H,18H2,1H3;1H/b12-5+;. The molecule has 3 aromatic carbocycles. The molecule has 0 aliphatic heterocycles. The van der Waals surface area contributed by atoms with Gasteiger partial charge in [-0.3, -0.25) is 9.55 Å². The summed E-state index contributed by atoms with van der Waals surface area (Å²) in [6.07, 6.45) is 7.53. The molecule has 8 heteroatoms. The average molecular weight is 529 g/mol. The van der Waals surface area contributed by atoms with Crippen LogP contribution in [0.1, 0.15) is 22.0 Å². The summed E-state index contributed by atoms with van der Waals surface area (Å²) in [5.41, 5.74) is 5.73. The molecule has 184 valence electrons. The van der Waals surface area contributed by atoms with Crippen LogP contribution in [0.15, 0.2) is 85.2 Å². The zero-order valence-corrected chi connectivity index (χ0v) is 21.5. The number of fused-ring (bicyclic) bond motifs is 2. The normalized spacial score (nSPS) is 11.3. The molecule has 0 aliphatic rings. The summed E-state index contributed by atoms with van der Waals surface area (Å²) in [4.78, 5) is 13.2. The molecule has 0 spiro atoms. The van der Waals surface area contributed by atoms with Gasteiger partial charge in [0.05, 0.1) is 21.9 Å². The van der Waals surface area contributed by atoms with Crippen molar-refractivity contribution < 1.29 is 9.13 Å². The first-order chi connectivity index (χ1) is 17.6. The number of pyridine rings is 1. The summed E-state index contributed by atoms with van der Waals surface area (Å²) in [6.45, 7) is 2.45. The fourth-order valence-electron chi connectivity index (χ4n) is 4.18. The lowest BCUT2D eigenvalue weighted by Gasteiger charge is -2.10. The molecule has 0 fully saturated rings. The van der Waals surface area contributed by atoms with Crippen molar-refractivity contribution in [3.8, 4) is 11.4 Å². The number of rotatable bonds is 6. The number of nitrogens with zero attached hydrogens (tertiary/aromatic N) is 4. The number of aryl methyl sites for hydroxylation is 1. The summed E-state index contributed by atoms with van der Waals surface area (Å²) in [5, 5.41) is 0.842. The van der Waals surface area contributed by atoms with Crippen molar-refractivity contribution >= 4 is 57.1 Å². The number of imidazole rings is 1. The Bertz CT molecular complexity index is 1730. The molecule has 5 nitrogen and oxygen atoms in total. The Morgan fingerprint density at radius 2 is 1.81 bits per heavy atom. The molecule has 0 atom stereocenters. The molecule has 6 rings (SSSR count). The van der Waals surface area contributed by atoms with E-state index in [1.807, 2.05) is 67.6 Å². The minimum absolute atomic E-state index is 0. The van der Waals surface area contributed by atoms with E-state index in [9.17, 15) is 4.39 Å². The van der Waals surface area contributed by atoms with Gasteiger partial charge in [0, 0.05) is 18.0 Å². The number of halogens is 2. The van der Waals surface area contributed by atoms with Crippen molar-refractivity contribution in [2.24, 2.45) is 0 Å². The van der Waals surface area contributed by atoms with Crippen molar-refractivity contribution in [1.82, 2.24) is 19.5 Å². The number of thiazole rings is 1. The van der Waals surface area contributed by atoms with E-state index in [4.69, 9.17) is 4.74 Å². The van der Waals surface area contributed by atoms with E-state index in [1.165, 1.54) is 12.1 Å². The Hall–Kier alpha value is -4.07. The van der Waals surface area contributed by atoms with Crippen LogP contribution < -0.4 is 4.74 Å². The lowest BCUT2D eigenvalue weighted by Crippen LogP contribution is -1.98. The monoisotopic (exact) mass is 528 g/mol. The second-order valence-corrected chi connectivity index (χ2v) is 9.45. The van der Waals surface area contributed by atoms with Gasteiger partial charge in [0.25, 0.3) is 0 Å². The van der Waals surface area contributed by atoms with Crippen LogP contribution in [-0.2, 0) is 6.61 Å². The fraction of sp³-hybridized carbons (Fsp3) is 0.0690. The number of hydrogen-bond acceptors (Lipinski definition) is 5. The molecule has 3 heterocycles. The van der Waals surface area contributed by atoms with E-state index in [-0.39, 0.29) is 18.2 Å². The van der Waals surface area contributed by atoms with Crippen LogP contribution in [0.2, 0.25) is 0 Å². The first-order valence-electron chi connectivity index (χ1n) is 11.5. The summed E-state index contributed by atoms with van der Waals surface area (Å²) >= 11 is 1.54. The molecule has 0 aliphatic carbocycles. The maximum absolute atomic E-state index is 13.4. The van der Waals surface area contributed by atoms with E-state index >= 15 is 0 Å². The molecule has 0 amide bonds. The molecule has 6 aromatic rings. The zero-order valence-electron chi connectivity index (χ0n) is 19.8. The van der Waals surface area contributed by atoms with Gasteiger partial charge in [-0.05, 0) is 72.7 Å². The molecule has 0 saturated carbocycles. The highest BCUT2D eigenvalue weighted by molar-refractivity contribution is 7.19. The Labute approximate surface area is 223 Å². The first-order valence-corrected chi connectivity index (χ1v) is 12.3. The van der Waals surface area contributed by atoms with E-state index < -0.39 is 0 Å². The fourth-order valence-corrected chi connectivity index (χ4v) is 5.03. The number of benzene rings is 3. The topological polar surface area (TPSA) is 52.8 Å². The van der Waals surface area contributed by atoms with Crippen LogP contribution in [0, 0.1) is 12.7 Å². The van der Waals surface area contributed by atoms with E-state index in [0.29, 0.717) is 12.1 Å². The van der Waals surface area contributed by atoms with Gasteiger partial charge in [-0.2, -0.15) is 0 Å². The van der Waals surface area contributed by atoms with Crippen molar-refractivity contribution in [2.45, 2.75) is 13.5 Å². The predicted octanol–water partition coefficient (Wildman–Crippen LogP) is 7.65. The first kappa shape index (κ1) is 24.6. The van der Waals surface area contributed by atoms with Gasteiger partial charge in [0.1, 0.15) is 34.5 Å². The van der Waals surface area contributed by atoms with Crippen LogP contribution in [0.5, 0.6) is 5.75 Å². The molecular weight excluding hydrogens is 507 g/mol. The van der Waals surface area contributed by atoms with Gasteiger partial charge in [-0.15, -0.1) is 23.7 Å². The smallest absolute Gasteiger partial charge is 0.125 e. The van der Waals surface area contributed by atoms with Crippen LogP contribution in [0.3, 0.4) is 0 Å². The SMILES string of the molecule is Cc1nc2cnccc2n1-c1ccc(OCc2cccc(/C=C/c3nc4cc(F)ccc4s3)c2)cc1.Cl. The quantitative estimate of drug-likeness (QED) is 0.223. The van der Waals surface area contributed by atoms with Gasteiger partial charge < -0.3 is 4.74 Å². The molecule has 3 aromatic heterocycles. The van der Waals surface area contributed by atoms with Gasteiger partial charge in [0.2, 0.25) is 0 Å². The third kappa shape index (κ3) is 5.23. The Kier molecular flexibility index (Phi) is 6.99. The number of hydrogen-bond donors (Lipinski definition) is 0. The van der Waals surface area contributed by atoms with Crippen molar-refractivity contribution in [3.63, 3.8) is 0 Å². The van der Waals surface area contributed by atoms with Gasteiger partial charge >= 0.3 is 0 Å². The minimum atomic E-state index is -0.270. The maximum Gasteiger partial charge on any atom is 0.125 e. The van der Waals surface area contributed by atoms with Gasteiger partial charge in [-0.25, -0.2) is 14.4 Å². The second-order valence-electron chi connectivity index (χ2n) is 8.38. The number of aromatic nitrogens is 4. The van der Waals surface area contributed by atoms with Crippen LogP contribution >= 0.6 is 23.7 Å². The van der Waals surface area contributed by atoms with E-state index in [0.717, 1.165) is 49.1 Å². The largest absolute Gasteiger partial charge is 0.489 e. The lowest BCUT2D eigenvalue weighted by molar-refractivity contribution is 0.306. The highest BCUT2D eigenvalue weighted by atomic mass is 35.5. The second kappa shape index (κ2) is 10.5. The van der Waals surface area contributed by atoms with Crippen molar-refractivity contribution in [2.75, 3.05) is 0 Å². The third-order valence-electron chi connectivity index (χ3n) is 5.86. The Morgan fingerprint density at radius 1 is 0.946 bits per heavy atom. The molecule has 0 N–H and O–H groups in total. The highest BCUT2D eigenvalue weighted by Gasteiger charge is 2.09. The summed E-state index contributed by atoms with van der Waals surface area (Å²) < 4.78 is 22.5. The summed E-state index contributed by atoms with van der Waals surface area (Å²) in [5.74, 6) is 1.44. The molecule has 0 radical (unpaired) electrons. The molecule has 0 saturated heterocycles. The van der Waals surface area contributed by atoms with Crippen LogP contribution in [-0.4, -0.2) is 19.5 Å². The van der Waals surface area contributed by atoms with E-state index in [2.05, 4.69) is 25.6 Å². The zero-order chi connectivity index (χ0) is 24.5. The van der Waals surface area contributed by atoms with E-state index in [1.54, 1.807) is 29.8 Å². The minimum Gasteiger partial charge on any atom is -0.489 e. The Morgan fingerprint density at radius 3 is 2.68 bits per heavy atom. The summed E-state index contributed by atoms with van der Waals surface area (Å²) in [6, 6.07) is 22.9. The highest BCUT2D eigenvalue weighted by Crippen LogP contribution is 2.25. The maximum atomic E-state index is 13.4. The Balaban J connectivity index is 0.00000280. The molecule has 0 bridgehead atoms.